The van der Waals surface area contributed by atoms with Gasteiger partial charge in [0.25, 0.3) is 5.91 Å². The number of halogens is 2. The van der Waals surface area contributed by atoms with Crippen LogP contribution in [0.3, 0.4) is 0 Å². The molecule has 0 saturated heterocycles. The van der Waals surface area contributed by atoms with Gasteiger partial charge in [0.1, 0.15) is 6.61 Å². The molecule has 0 aliphatic carbocycles. The van der Waals surface area contributed by atoms with Crippen molar-refractivity contribution in [3.05, 3.63) is 58.1 Å². The lowest BCUT2D eigenvalue weighted by Gasteiger charge is -2.24. The number of para-hydroxylation sites is 2. The number of benzene rings is 2. The molecule has 0 aromatic heterocycles. The molecular weight excluding hydrogens is 339 g/mol. The Kier molecular flexibility index (Phi) is 4.69. The molecular formula is C16H12Cl2N2O3. The Hall–Kier alpha value is -2.24. The number of hydrogen-bond acceptors (Lipinski definition) is 4. The predicted molar refractivity (Wildman–Crippen MR) is 88.6 cm³/mol. The van der Waals surface area contributed by atoms with E-state index in [4.69, 9.17) is 32.7 Å². The van der Waals surface area contributed by atoms with Crippen molar-refractivity contribution >= 4 is 35.3 Å². The minimum atomic E-state index is -0.767. The number of carbonyl (C=O) groups excluding carboxylic acids is 1. The van der Waals surface area contributed by atoms with Crippen LogP contribution in [-0.2, 0) is 4.79 Å². The number of nitrogens with zero attached hydrogens (tertiary/aromatic N) is 1. The first-order valence-electron chi connectivity index (χ1n) is 6.80. The minimum Gasteiger partial charge on any atom is -0.485 e. The van der Waals surface area contributed by atoms with Gasteiger partial charge >= 0.3 is 0 Å². The van der Waals surface area contributed by atoms with Crippen molar-refractivity contribution in [2.75, 3.05) is 6.61 Å². The normalized spacial score (nSPS) is 16.3. The highest BCUT2D eigenvalue weighted by Crippen LogP contribution is 2.30. The van der Waals surface area contributed by atoms with Gasteiger partial charge in [-0.3, -0.25) is 4.79 Å². The Balaban J connectivity index is 1.62. The zero-order valence-corrected chi connectivity index (χ0v) is 13.3. The highest BCUT2D eigenvalue weighted by Gasteiger charge is 2.26. The highest BCUT2D eigenvalue weighted by molar-refractivity contribution is 6.43. The average molecular weight is 351 g/mol. The molecule has 23 heavy (non-hydrogen) atoms. The second-order valence-electron chi connectivity index (χ2n) is 4.74. The van der Waals surface area contributed by atoms with Crippen LogP contribution in [0.25, 0.3) is 0 Å². The van der Waals surface area contributed by atoms with Crippen molar-refractivity contribution in [3.8, 4) is 11.5 Å². The van der Waals surface area contributed by atoms with Crippen LogP contribution in [0, 0.1) is 0 Å². The fourth-order valence-electron chi connectivity index (χ4n) is 2.01. The van der Waals surface area contributed by atoms with E-state index in [0.717, 1.165) is 0 Å². The number of nitrogens with one attached hydrogen (secondary N) is 1. The molecule has 0 bridgehead atoms. The smallest absolute Gasteiger partial charge is 0.284 e. The Morgan fingerprint density at radius 1 is 1.17 bits per heavy atom. The molecule has 2 aromatic rings. The summed E-state index contributed by atoms with van der Waals surface area (Å²) in [4.78, 5) is 12.1. The predicted octanol–water partition coefficient (Wildman–Crippen LogP) is 3.28. The van der Waals surface area contributed by atoms with Crippen LogP contribution in [0.2, 0.25) is 10.0 Å². The minimum absolute atomic E-state index is 0.121. The molecule has 3 rings (SSSR count). The summed E-state index contributed by atoms with van der Waals surface area (Å²) < 4.78 is 11.1. The number of rotatable bonds is 3. The molecule has 118 valence electrons. The lowest BCUT2D eigenvalue weighted by atomic mass is 10.2. The topological polar surface area (TPSA) is 59.9 Å². The van der Waals surface area contributed by atoms with Gasteiger partial charge in [0.2, 0.25) is 6.10 Å². The fourth-order valence-corrected chi connectivity index (χ4v) is 2.36. The van der Waals surface area contributed by atoms with Crippen molar-refractivity contribution < 1.29 is 14.3 Å². The van der Waals surface area contributed by atoms with Gasteiger partial charge in [0.15, 0.2) is 11.5 Å². The van der Waals surface area contributed by atoms with Crippen LogP contribution in [-0.4, -0.2) is 24.8 Å². The molecule has 0 spiro atoms. The van der Waals surface area contributed by atoms with Gasteiger partial charge in [-0.25, -0.2) is 5.43 Å². The average Bonchev–Trinajstić information content (AvgIpc) is 2.58. The molecule has 0 fully saturated rings. The Morgan fingerprint density at radius 3 is 2.78 bits per heavy atom. The standard InChI is InChI=1S/C16H12Cl2N2O3/c17-11-5-3-4-10(15(11)18)8-19-20-16(21)14-9-22-12-6-1-2-7-13(12)23-14/h1-8,14H,9H2,(H,20,21). The van der Waals surface area contributed by atoms with Crippen LogP contribution >= 0.6 is 23.2 Å². The first-order valence-corrected chi connectivity index (χ1v) is 7.56. The van der Waals surface area contributed by atoms with Crippen LogP contribution in [0.4, 0.5) is 0 Å². The third-order valence-corrected chi connectivity index (χ3v) is 3.99. The Labute approximate surface area is 142 Å². The second kappa shape index (κ2) is 6.89. The molecule has 1 unspecified atom stereocenters. The zero-order valence-electron chi connectivity index (χ0n) is 11.8. The molecule has 2 aromatic carbocycles. The summed E-state index contributed by atoms with van der Waals surface area (Å²) in [5, 5.41) is 4.66. The van der Waals surface area contributed by atoms with Gasteiger partial charge in [-0.15, -0.1) is 0 Å². The molecule has 1 amide bonds. The van der Waals surface area contributed by atoms with E-state index < -0.39 is 12.0 Å². The maximum atomic E-state index is 12.1. The van der Waals surface area contributed by atoms with Gasteiger partial charge in [0, 0.05) is 5.56 Å². The third-order valence-electron chi connectivity index (χ3n) is 3.16. The largest absolute Gasteiger partial charge is 0.485 e. The molecule has 1 N–H and O–H groups in total. The summed E-state index contributed by atoms with van der Waals surface area (Å²) in [5.41, 5.74) is 3.00. The Bertz CT molecular complexity index is 765. The van der Waals surface area contributed by atoms with E-state index in [-0.39, 0.29) is 6.61 Å². The van der Waals surface area contributed by atoms with E-state index in [1.807, 2.05) is 12.1 Å². The lowest BCUT2D eigenvalue weighted by Crippen LogP contribution is -2.42. The van der Waals surface area contributed by atoms with Gasteiger partial charge in [0.05, 0.1) is 16.3 Å². The number of amides is 1. The summed E-state index contributed by atoms with van der Waals surface area (Å²) >= 11 is 11.9. The van der Waals surface area contributed by atoms with E-state index in [2.05, 4.69) is 10.5 Å². The van der Waals surface area contributed by atoms with Gasteiger partial charge in [-0.05, 0) is 18.2 Å². The first-order chi connectivity index (χ1) is 11.1. The van der Waals surface area contributed by atoms with Crippen LogP contribution in [0.5, 0.6) is 11.5 Å². The van der Waals surface area contributed by atoms with Crippen molar-refractivity contribution in [2.24, 2.45) is 5.10 Å². The number of carbonyl (C=O) groups is 1. The Morgan fingerprint density at radius 2 is 1.96 bits per heavy atom. The van der Waals surface area contributed by atoms with E-state index in [1.165, 1.54) is 6.21 Å². The van der Waals surface area contributed by atoms with E-state index in [1.54, 1.807) is 30.3 Å². The summed E-state index contributed by atoms with van der Waals surface area (Å²) in [7, 11) is 0. The van der Waals surface area contributed by atoms with E-state index >= 15 is 0 Å². The molecule has 1 aliphatic rings. The number of ether oxygens (including phenoxy) is 2. The van der Waals surface area contributed by atoms with Crippen LogP contribution in [0.1, 0.15) is 5.56 Å². The summed E-state index contributed by atoms with van der Waals surface area (Å²) in [5.74, 6) is 0.737. The first kappa shape index (κ1) is 15.6. The van der Waals surface area contributed by atoms with Crippen molar-refractivity contribution in [2.45, 2.75) is 6.10 Å². The zero-order chi connectivity index (χ0) is 16.2. The molecule has 1 atom stereocenters. The monoisotopic (exact) mass is 350 g/mol. The summed E-state index contributed by atoms with van der Waals surface area (Å²) in [6.07, 6.45) is 0.654. The van der Waals surface area contributed by atoms with Crippen LogP contribution < -0.4 is 14.9 Å². The SMILES string of the molecule is O=C(NN=Cc1cccc(Cl)c1Cl)C1COc2ccccc2O1. The molecule has 0 saturated carbocycles. The number of hydrazone groups is 1. The van der Waals surface area contributed by atoms with Crippen LogP contribution in [0.15, 0.2) is 47.6 Å². The van der Waals surface area contributed by atoms with Gasteiger partial charge in [-0.1, -0.05) is 47.5 Å². The molecule has 5 nitrogen and oxygen atoms in total. The highest BCUT2D eigenvalue weighted by atomic mass is 35.5. The van der Waals surface area contributed by atoms with Crippen molar-refractivity contribution in [1.82, 2.24) is 5.43 Å². The quantitative estimate of drug-likeness (QED) is 0.682. The molecule has 1 aliphatic heterocycles. The fraction of sp³-hybridized carbons (Fsp3) is 0.125. The third kappa shape index (κ3) is 3.57. The van der Waals surface area contributed by atoms with Crippen molar-refractivity contribution in [1.29, 1.82) is 0 Å². The number of fused-ring (bicyclic) bond motifs is 1. The second-order valence-corrected chi connectivity index (χ2v) is 5.53. The van der Waals surface area contributed by atoms with Gasteiger partial charge < -0.3 is 9.47 Å². The maximum Gasteiger partial charge on any atom is 0.284 e. The van der Waals surface area contributed by atoms with Crippen molar-refractivity contribution in [3.63, 3.8) is 0 Å². The van der Waals surface area contributed by atoms with E-state index in [9.17, 15) is 4.79 Å². The molecule has 0 radical (unpaired) electrons. The lowest BCUT2D eigenvalue weighted by molar-refractivity contribution is -0.130. The number of hydrogen-bond donors (Lipinski definition) is 1. The summed E-state index contributed by atoms with van der Waals surface area (Å²) in [6, 6.07) is 12.3. The van der Waals surface area contributed by atoms with Gasteiger partial charge in [-0.2, -0.15) is 5.10 Å². The molecule has 7 heteroatoms. The van der Waals surface area contributed by atoms with E-state index in [0.29, 0.717) is 27.1 Å². The molecule has 1 heterocycles. The summed E-state index contributed by atoms with van der Waals surface area (Å²) in [6.45, 7) is 0.121. The maximum absolute atomic E-state index is 12.1.